The van der Waals surface area contributed by atoms with Gasteiger partial charge in [-0.3, -0.25) is 14.5 Å². The minimum Gasteiger partial charge on any atom is -0.450 e. The molecule has 3 rings (SSSR count). The summed E-state index contributed by atoms with van der Waals surface area (Å²) in [5.41, 5.74) is 14.6. The normalized spacial score (nSPS) is 16.0. The van der Waals surface area contributed by atoms with Crippen molar-refractivity contribution in [2.75, 3.05) is 25.9 Å². The molecule has 166 valence electrons. The lowest BCUT2D eigenvalue weighted by Crippen LogP contribution is -2.46. The number of likely N-dealkylation sites (tertiary alicyclic amines) is 1. The average Bonchev–Trinajstić information content (AvgIpc) is 2.76. The molecule has 1 aromatic heterocycles. The van der Waals surface area contributed by atoms with E-state index in [9.17, 15) is 9.59 Å². The van der Waals surface area contributed by atoms with Gasteiger partial charge in [0.2, 0.25) is 5.91 Å². The summed E-state index contributed by atoms with van der Waals surface area (Å²) >= 11 is 0. The fraction of sp³-hybridized carbons (Fsp3) is 0.455. The van der Waals surface area contributed by atoms with Crippen molar-refractivity contribution >= 4 is 17.5 Å². The van der Waals surface area contributed by atoms with Crippen molar-refractivity contribution in [1.82, 2.24) is 20.2 Å². The molecular formula is C22H30N6O3. The van der Waals surface area contributed by atoms with Crippen LogP contribution in [-0.2, 0) is 11.3 Å². The number of nitrogens with zero attached hydrogens (tertiary/aromatic N) is 3. The van der Waals surface area contributed by atoms with Crippen molar-refractivity contribution in [3.05, 3.63) is 46.8 Å². The first-order valence-electron chi connectivity index (χ1n) is 10.4. The van der Waals surface area contributed by atoms with Crippen LogP contribution in [0.25, 0.3) is 0 Å². The monoisotopic (exact) mass is 426 g/mol. The largest absolute Gasteiger partial charge is 0.450 e. The first-order valence-corrected chi connectivity index (χ1v) is 10.4. The molecule has 2 aromatic rings. The summed E-state index contributed by atoms with van der Waals surface area (Å²) in [4.78, 5) is 34.7. The maximum absolute atomic E-state index is 12.5. The molecule has 1 atom stereocenters. The van der Waals surface area contributed by atoms with Gasteiger partial charge in [-0.15, -0.1) is 0 Å². The fourth-order valence-corrected chi connectivity index (χ4v) is 3.81. The number of amides is 2. The number of hydrogen-bond acceptors (Lipinski definition) is 7. The number of carbonyl (C=O) groups excluding carboxylic acids is 2. The SMILES string of the molecule is CNC(=O)C(Oc1nc(C)c(N)c(C)n1)C1CCN(Cc2ccc(C(N)=O)cc2)CC1. The molecule has 1 aliphatic rings. The van der Waals surface area contributed by atoms with E-state index in [2.05, 4.69) is 20.2 Å². The molecular weight excluding hydrogens is 396 g/mol. The summed E-state index contributed by atoms with van der Waals surface area (Å²) in [6.07, 6.45) is 0.957. The number of piperidine rings is 1. The number of likely N-dealkylation sites (N-methyl/N-ethyl adjacent to an activating group) is 1. The van der Waals surface area contributed by atoms with Crippen LogP contribution in [0.2, 0.25) is 0 Å². The van der Waals surface area contributed by atoms with E-state index in [1.54, 1.807) is 33.0 Å². The zero-order valence-electron chi connectivity index (χ0n) is 18.2. The van der Waals surface area contributed by atoms with Gasteiger partial charge in [-0.1, -0.05) is 12.1 Å². The van der Waals surface area contributed by atoms with Gasteiger partial charge in [-0.25, -0.2) is 0 Å². The third kappa shape index (κ3) is 5.49. The second kappa shape index (κ2) is 9.74. The number of ether oxygens (including phenoxy) is 1. The fourth-order valence-electron chi connectivity index (χ4n) is 3.81. The number of nitrogen functional groups attached to an aromatic ring is 1. The first-order chi connectivity index (χ1) is 14.8. The molecule has 1 aliphatic heterocycles. The van der Waals surface area contributed by atoms with Gasteiger partial charge in [0.25, 0.3) is 5.91 Å². The number of primary amides is 1. The molecule has 0 bridgehead atoms. The van der Waals surface area contributed by atoms with Crippen molar-refractivity contribution in [3.63, 3.8) is 0 Å². The lowest BCUT2D eigenvalue weighted by molar-refractivity contribution is -0.131. The number of aromatic nitrogens is 2. The zero-order valence-corrected chi connectivity index (χ0v) is 18.2. The Kier molecular flexibility index (Phi) is 7.06. The van der Waals surface area contributed by atoms with E-state index in [4.69, 9.17) is 16.2 Å². The predicted molar refractivity (Wildman–Crippen MR) is 117 cm³/mol. The van der Waals surface area contributed by atoms with Crippen molar-refractivity contribution in [2.24, 2.45) is 11.7 Å². The molecule has 0 aliphatic carbocycles. The number of carbonyl (C=O) groups is 2. The van der Waals surface area contributed by atoms with Gasteiger partial charge in [-0.05, 0) is 57.5 Å². The summed E-state index contributed by atoms with van der Waals surface area (Å²) < 4.78 is 5.96. The topological polar surface area (TPSA) is 136 Å². The van der Waals surface area contributed by atoms with Crippen molar-refractivity contribution in [1.29, 1.82) is 0 Å². The van der Waals surface area contributed by atoms with E-state index >= 15 is 0 Å². The standard InChI is InChI=1S/C22H30N6O3/c1-13-18(23)14(2)27-22(26-13)31-19(21(30)25-3)16-8-10-28(11-9-16)12-15-4-6-17(7-5-15)20(24)29/h4-7,16,19H,8-12,23H2,1-3H3,(H2,24,29)(H,25,30). The highest BCUT2D eigenvalue weighted by atomic mass is 16.5. The minimum atomic E-state index is -0.663. The first kappa shape index (κ1) is 22.5. The Morgan fingerprint density at radius 1 is 1.16 bits per heavy atom. The molecule has 2 amide bonds. The van der Waals surface area contributed by atoms with E-state index in [0.29, 0.717) is 22.6 Å². The van der Waals surface area contributed by atoms with Crippen LogP contribution in [0.15, 0.2) is 24.3 Å². The smallest absolute Gasteiger partial charge is 0.317 e. The lowest BCUT2D eigenvalue weighted by Gasteiger charge is -2.35. The van der Waals surface area contributed by atoms with Gasteiger partial charge in [0.1, 0.15) is 0 Å². The number of nitrogens with one attached hydrogen (secondary N) is 1. The summed E-state index contributed by atoms with van der Waals surface area (Å²) in [6.45, 7) is 6.02. The van der Waals surface area contributed by atoms with Gasteiger partial charge < -0.3 is 21.5 Å². The second-order valence-corrected chi connectivity index (χ2v) is 7.92. The molecule has 1 saturated heterocycles. The summed E-state index contributed by atoms with van der Waals surface area (Å²) in [5.74, 6) is -0.561. The van der Waals surface area contributed by atoms with E-state index in [1.807, 2.05) is 12.1 Å². The maximum Gasteiger partial charge on any atom is 0.317 e. The number of benzene rings is 1. The average molecular weight is 427 g/mol. The Labute approximate surface area is 182 Å². The number of aryl methyl sites for hydroxylation is 2. The number of nitrogens with two attached hydrogens (primary N) is 2. The maximum atomic E-state index is 12.5. The van der Waals surface area contributed by atoms with Gasteiger partial charge in [0, 0.05) is 25.1 Å². The van der Waals surface area contributed by atoms with Crippen LogP contribution in [0.4, 0.5) is 5.69 Å². The number of hydrogen-bond donors (Lipinski definition) is 3. The Balaban J connectivity index is 1.63. The van der Waals surface area contributed by atoms with Crippen LogP contribution < -0.4 is 21.5 Å². The molecule has 9 nitrogen and oxygen atoms in total. The summed E-state index contributed by atoms with van der Waals surface area (Å²) in [6, 6.07) is 7.51. The Morgan fingerprint density at radius 3 is 2.26 bits per heavy atom. The molecule has 0 spiro atoms. The molecule has 5 N–H and O–H groups in total. The van der Waals surface area contributed by atoms with Gasteiger partial charge in [0.05, 0.1) is 17.1 Å². The highest BCUT2D eigenvalue weighted by Gasteiger charge is 2.33. The van der Waals surface area contributed by atoms with Crippen LogP contribution in [0, 0.1) is 19.8 Å². The van der Waals surface area contributed by atoms with Crippen LogP contribution in [0.1, 0.15) is 40.2 Å². The molecule has 1 aromatic carbocycles. The van der Waals surface area contributed by atoms with Crippen molar-refractivity contribution in [2.45, 2.75) is 39.3 Å². The Bertz CT molecular complexity index is 916. The molecule has 9 heteroatoms. The quantitative estimate of drug-likeness (QED) is 0.605. The van der Waals surface area contributed by atoms with Crippen LogP contribution in [0.3, 0.4) is 0 Å². The molecule has 0 saturated carbocycles. The summed E-state index contributed by atoms with van der Waals surface area (Å²) in [5, 5.41) is 2.69. The van der Waals surface area contributed by atoms with E-state index in [1.165, 1.54) is 0 Å². The van der Waals surface area contributed by atoms with Crippen LogP contribution in [-0.4, -0.2) is 52.9 Å². The zero-order chi connectivity index (χ0) is 22.5. The molecule has 2 heterocycles. The Morgan fingerprint density at radius 2 is 1.74 bits per heavy atom. The summed E-state index contributed by atoms with van der Waals surface area (Å²) in [7, 11) is 1.60. The third-order valence-corrected chi connectivity index (χ3v) is 5.75. The van der Waals surface area contributed by atoms with Crippen molar-refractivity contribution < 1.29 is 14.3 Å². The van der Waals surface area contributed by atoms with Crippen LogP contribution in [0.5, 0.6) is 6.01 Å². The van der Waals surface area contributed by atoms with Crippen molar-refractivity contribution in [3.8, 4) is 6.01 Å². The Hall–Kier alpha value is -3.20. The van der Waals surface area contributed by atoms with Gasteiger partial charge in [-0.2, -0.15) is 9.97 Å². The molecule has 1 unspecified atom stereocenters. The third-order valence-electron chi connectivity index (χ3n) is 5.75. The van der Waals surface area contributed by atoms with Gasteiger partial charge >= 0.3 is 6.01 Å². The number of rotatable bonds is 7. The lowest BCUT2D eigenvalue weighted by atomic mass is 9.90. The van der Waals surface area contributed by atoms with E-state index < -0.39 is 12.0 Å². The molecule has 1 fully saturated rings. The predicted octanol–water partition coefficient (Wildman–Crippen LogP) is 1.18. The second-order valence-electron chi connectivity index (χ2n) is 7.92. The highest BCUT2D eigenvalue weighted by molar-refractivity contribution is 5.92. The van der Waals surface area contributed by atoms with Crippen LogP contribution >= 0.6 is 0 Å². The molecule has 0 radical (unpaired) electrons. The molecule has 31 heavy (non-hydrogen) atoms. The van der Waals surface area contributed by atoms with E-state index in [-0.39, 0.29) is 17.8 Å². The minimum absolute atomic E-state index is 0.0511. The van der Waals surface area contributed by atoms with E-state index in [0.717, 1.165) is 38.0 Å². The van der Waals surface area contributed by atoms with Gasteiger partial charge in [0.15, 0.2) is 6.10 Å². The highest BCUT2D eigenvalue weighted by Crippen LogP contribution is 2.26. The number of anilines is 1.